The van der Waals surface area contributed by atoms with E-state index < -0.39 is 10.0 Å². The number of hydrogen-bond donors (Lipinski definition) is 2. The maximum atomic E-state index is 12.6. The van der Waals surface area contributed by atoms with Crippen LogP contribution in [0.15, 0.2) is 76.1 Å². The maximum Gasteiger partial charge on any atom is 0.262 e. The van der Waals surface area contributed by atoms with Crippen LogP contribution in [0, 0.1) is 6.92 Å². The van der Waals surface area contributed by atoms with Crippen molar-refractivity contribution in [2.24, 2.45) is 0 Å². The molecular formula is C21H18BrClN2O4S. The molecule has 0 fully saturated rings. The second kappa shape index (κ2) is 9.51. The molecule has 1 amide bonds. The molecule has 0 unspecified atom stereocenters. The summed E-state index contributed by atoms with van der Waals surface area (Å²) in [5, 5.41) is 3.24. The molecule has 0 heterocycles. The van der Waals surface area contributed by atoms with Crippen molar-refractivity contribution in [2.75, 3.05) is 16.6 Å². The highest BCUT2D eigenvalue weighted by Crippen LogP contribution is 2.24. The van der Waals surface area contributed by atoms with E-state index >= 15 is 0 Å². The van der Waals surface area contributed by atoms with Crippen molar-refractivity contribution in [3.05, 3.63) is 81.8 Å². The van der Waals surface area contributed by atoms with Gasteiger partial charge in [-0.05, 0) is 79.2 Å². The van der Waals surface area contributed by atoms with Gasteiger partial charge in [0.2, 0.25) is 0 Å². The minimum absolute atomic E-state index is 0.0848. The number of sulfonamides is 1. The third-order valence-electron chi connectivity index (χ3n) is 4.04. The van der Waals surface area contributed by atoms with E-state index in [4.69, 9.17) is 16.3 Å². The zero-order valence-electron chi connectivity index (χ0n) is 15.9. The molecule has 30 heavy (non-hydrogen) atoms. The average Bonchev–Trinajstić information content (AvgIpc) is 2.70. The van der Waals surface area contributed by atoms with E-state index in [2.05, 4.69) is 26.0 Å². The SMILES string of the molecule is Cc1cc(S(=O)(=O)Nc2ccc(Cl)cc2)ccc1OCC(=O)Nc1ccc(Br)cc1. The molecule has 6 nitrogen and oxygen atoms in total. The Morgan fingerprint density at radius 2 is 1.63 bits per heavy atom. The number of nitrogens with one attached hydrogen (secondary N) is 2. The zero-order valence-corrected chi connectivity index (χ0v) is 19.0. The molecule has 3 aromatic carbocycles. The first kappa shape index (κ1) is 22.1. The molecule has 9 heteroatoms. The van der Waals surface area contributed by atoms with Crippen LogP contribution in [0.2, 0.25) is 5.02 Å². The second-order valence-corrected chi connectivity index (χ2v) is 9.42. The number of aryl methyl sites for hydroxylation is 1. The van der Waals surface area contributed by atoms with Crippen molar-refractivity contribution in [1.29, 1.82) is 0 Å². The van der Waals surface area contributed by atoms with Crippen molar-refractivity contribution >= 4 is 54.8 Å². The van der Waals surface area contributed by atoms with Crippen molar-refractivity contribution in [2.45, 2.75) is 11.8 Å². The normalized spacial score (nSPS) is 11.0. The number of hydrogen-bond acceptors (Lipinski definition) is 4. The number of anilines is 2. The van der Waals surface area contributed by atoms with Gasteiger partial charge in [0, 0.05) is 20.9 Å². The second-order valence-electron chi connectivity index (χ2n) is 6.38. The molecule has 0 spiro atoms. The summed E-state index contributed by atoms with van der Waals surface area (Å²) in [5.74, 6) is 0.101. The van der Waals surface area contributed by atoms with Gasteiger partial charge in [0.25, 0.3) is 15.9 Å². The van der Waals surface area contributed by atoms with E-state index in [1.54, 1.807) is 43.3 Å². The Balaban J connectivity index is 1.63. The summed E-state index contributed by atoms with van der Waals surface area (Å²) in [6.45, 7) is 1.51. The molecule has 0 saturated heterocycles. The molecule has 0 aliphatic rings. The Morgan fingerprint density at radius 3 is 2.27 bits per heavy atom. The number of halogens is 2. The summed E-state index contributed by atoms with van der Waals surface area (Å²) in [6.07, 6.45) is 0. The van der Waals surface area contributed by atoms with E-state index in [0.717, 1.165) is 4.47 Å². The monoisotopic (exact) mass is 508 g/mol. The van der Waals surface area contributed by atoms with Gasteiger partial charge in [0.1, 0.15) is 5.75 Å². The molecule has 0 saturated carbocycles. The fraction of sp³-hybridized carbons (Fsp3) is 0.0952. The van der Waals surface area contributed by atoms with E-state index in [-0.39, 0.29) is 17.4 Å². The van der Waals surface area contributed by atoms with Crippen LogP contribution in [0.4, 0.5) is 11.4 Å². The van der Waals surface area contributed by atoms with Crippen molar-refractivity contribution in [1.82, 2.24) is 0 Å². The Hall–Kier alpha value is -2.55. The Bertz CT molecular complexity index is 1150. The lowest BCUT2D eigenvalue weighted by atomic mass is 10.2. The van der Waals surface area contributed by atoms with Crippen LogP contribution >= 0.6 is 27.5 Å². The number of carbonyl (C=O) groups excluding carboxylic acids is 1. The molecule has 0 aromatic heterocycles. The lowest BCUT2D eigenvalue weighted by molar-refractivity contribution is -0.118. The molecule has 0 bridgehead atoms. The molecule has 3 aromatic rings. The Morgan fingerprint density at radius 1 is 1.00 bits per heavy atom. The topological polar surface area (TPSA) is 84.5 Å². The summed E-state index contributed by atoms with van der Waals surface area (Å²) in [7, 11) is -3.77. The van der Waals surface area contributed by atoms with Gasteiger partial charge >= 0.3 is 0 Å². The molecule has 0 aliphatic carbocycles. The molecule has 2 N–H and O–H groups in total. The van der Waals surface area contributed by atoms with Crippen LogP contribution in [0.3, 0.4) is 0 Å². The van der Waals surface area contributed by atoms with Crippen LogP contribution in [0.25, 0.3) is 0 Å². The van der Waals surface area contributed by atoms with Gasteiger partial charge in [-0.3, -0.25) is 9.52 Å². The number of carbonyl (C=O) groups is 1. The van der Waals surface area contributed by atoms with Gasteiger partial charge in [0.15, 0.2) is 6.61 Å². The van der Waals surface area contributed by atoms with Crippen molar-refractivity contribution in [3.8, 4) is 5.75 Å². The average molecular weight is 510 g/mol. The molecule has 0 aliphatic heterocycles. The minimum Gasteiger partial charge on any atom is -0.483 e. The highest BCUT2D eigenvalue weighted by Gasteiger charge is 2.16. The first-order valence-electron chi connectivity index (χ1n) is 8.80. The van der Waals surface area contributed by atoms with Gasteiger partial charge in [-0.15, -0.1) is 0 Å². The van der Waals surface area contributed by atoms with Gasteiger partial charge in [0.05, 0.1) is 4.90 Å². The van der Waals surface area contributed by atoms with Crippen molar-refractivity contribution in [3.63, 3.8) is 0 Å². The standard InChI is InChI=1S/C21H18BrClN2O4S/c1-14-12-19(30(27,28)25-18-8-4-16(23)5-9-18)10-11-20(14)29-13-21(26)24-17-6-2-15(22)3-7-17/h2-12,25H,13H2,1H3,(H,24,26). The van der Waals surface area contributed by atoms with E-state index in [9.17, 15) is 13.2 Å². The van der Waals surface area contributed by atoms with Crippen LogP contribution in [-0.2, 0) is 14.8 Å². The number of ether oxygens (including phenoxy) is 1. The summed E-state index contributed by atoms with van der Waals surface area (Å²) in [5.41, 5.74) is 1.64. The minimum atomic E-state index is -3.77. The summed E-state index contributed by atoms with van der Waals surface area (Å²) in [6, 6.07) is 18.0. The number of benzene rings is 3. The quantitative estimate of drug-likeness (QED) is 0.457. The van der Waals surface area contributed by atoms with Crippen LogP contribution < -0.4 is 14.8 Å². The molecule has 156 valence electrons. The maximum absolute atomic E-state index is 12.6. The Labute approximate surface area is 188 Å². The Kier molecular flexibility index (Phi) is 7.02. The van der Waals surface area contributed by atoms with E-state index in [1.165, 1.54) is 18.2 Å². The number of amides is 1. The fourth-order valence-corrected chi connectivity index (χ4v) is 4.09. The summed E-state index contributed by atoms with van der Waals surface area (Å²) in [4.78, 5) is 12.2. The lowest BCUT2D eigenvalue weighted by Crippen LogP contribution is -2.20. The zero-order chi connectivity index (χ0) is 21.7. The van der Waals surface area contributed by atoms with Crippen LogP contribution in [0.5, 0.6) is 5.75 Å². The van der Waals surface area contributed by atoms with Gasteiger partial charge in [-0.25, -0.2) is 8.42 Å². The first-order chi connectivity index (χ1) is 14.2. The molecule has 0 atom stereocenters. The predicted molar refractivity (Wildman–Crippen MR) is 122 cm³/mol. The van der Waals surface area contributed by atoms with Gasteiger partial charge < -0.3 is 10.1 Å². The largest absolute Gasteiger partial charge is 0.483 e. The summed E-state index contributed by atoms with van der Waals surface area (Å²) < 4.78 is 34.1. The molecule has 3 rings (SSSR count). The smallest absolute Gasteiger partial charge is 0.262 e. The fourth-order valence-electron chi connectivity index (χ4n) is 2.56. The van der Waals surface area contributed by atoms with Gasteiger partial charge in [-0.2, -0.15) is 0 Å². The van der Waals surface area contributed by atoms with Gasteiger partial charge in [-0.1, -0.05) is 27.5 Å². The van der Waals surface area contributed by atoms with Crippen LogP contribution in [-0.4, -0.2) is 20.9 Å². The molecular weight excluding hydrogens is 492 g/mol. The van der Waals surface area contributed by atoms with E-state index in [1.807, 2.05) is 12.1 Å². The number of rotatable bonds is 7. The van der Waals surface area contributed by atoms with Crippen molar-refractivity contribution < 1.29 is 17.9 Å². The van der Waals surface area contributed by atoms with E-state index in [0.29, 0.717) is 27.7 Å². The molecule has 0 radical (unpaired) electrons. The highest BCUT2D eigenvalue weighted by atomic mass is 79.9. The highest BCUT2D eigenvalue weighted by molar-refractivity contribution is 9.10. The summed E-state index contributed by atoms with van der Waals surface area (Å²) >= 11 is 9.15. The third-order valence-corrected chi connectivity index (χ3v) is 6.20. The third kappa shape index (κ3) is 5.98. The first-order valence-corrected chi connectivity index (χ1v) is 11.5. The van der Waals surface area contributed by atoms with Crippen LogP contribution in [0.1, 0.15) is 5.56 Å². The predicted octanol–water partition coefficient (Wildman–Crippen LogP) is 5.23. The lowest BCUT2D eigenvalue weighted by Gasteiger charge is -2.12.